The number of hydrogen-bond donors (Lipinski definition) is 2. The minimum absolute atomic E-state index is 0.0167. The van der Waals surface area contributed by atoms with E-state index in [9.17, 15) is 23.1 Å². The number of aliphatic hydroxyl groups excluding tert-OH is 1. The minimum atomic E-state index is -4.12. The largest absolute Gasteiger partial charge is 0.444 e. The highest BCUT2D eigenvalue weighted by Crippen LogP contribution is 2.21. The van der Waals surface area contributed by atoms with E-state index in [1.165, 1.54) is 17.0 Å². The zero-order chi connectivity index (χ0) is 27.9. The molecular weight excluding hydrogens is 496 g/mol. The number of carbonyl (C=O) groups is 2. The smallest absolute Gasteiger partial charge is 0.410 e. The quantitative estimate of drug-likeness (QED) is 0.495. The second-order valence-electron chi connectivity index (χ2n) is 10.7. The van der Waals surface area contributed by atoms with Crippen molar-refractivity contribution in [2.75, 3.05) is 13.1 Å². The van der Waals surface area contributed by atoms with Crippen LogP contribution in [0.25, 0.3) is 0 Å². The molecule has 0 radical (unpaired) electrons. The van der Waals surface area contributed by atoms with Crippen molar-refractivity contribution in [2.45, 2.75) is 75.5 Å². The van der Waals surface area contributed by atoms with Crippen LogP contribution < -0.4 is 5.32 Å². The Morgan fingerprint density at radius 1 is 0.892 bits per heavy atom. The molecule has 0 saturated carbocycles. The summed E-state index contributed by atoms with van der Waals surface area (Å²) in [6.45, 7) is 9.51. The Balaban J connectivity index is 2.36. The van der Waals surface area contributed by atoms with Gasteiger partial charge in [0.1, 0.15) is 16.5 Å². The molecule has 0 bridgehead atoms. The predicted molar refractivity (Wildman–Crippen MR) is 141 cm³/mol. The monoisotopic (exact) mass is 534 g/mol. The lowest BCUT2D eigenvalue weighted by Crippen LogP contribution is -2.50. The van der Waals surface area contributed by atoms with E-state index in [1.807, 2.05) is 30.3 Å². The summed E-state index contributed by atoms with van der Waals surface area (Å²) in [4.78, 5) is 26.5. The van der Waals surface area contributed by atoms with Crippen LogP contribution in [0.2, 0.25) is 0 Å². The number of ether oxygens (including phenoxy) is 2. The van der Waals surface area contributed by atoms with E-state index in [0.717, 1.165) is 5.56 Å². The second kappa shape index (κ2) is 12.4. The molecule has 0 aliphatic carbocycles. The van der Waals surface area contributed by atoms with Crippen LogP contribution in [0.5, 0.6) is 0 Å². The number of aliphatic hydroxyl groups is 1. The third kappa shape index (κ3) is 10.0. The maximum Gasteiger partial charge on any atom is 0.410 e. The van der Waals surface area contributed by atoms with Crippen LogP contribution in [-0.4, -0.2) is 66.3 Å². The first-order valence-corrected chi connectivity index (χ1v) is 13.6. The fourth-order valence-electron chi connectivity index (χ4n) is 3.41. The van der Waals surface area contributed by atoms with Crippen LogP contribution in [0.1, 0.15) is 47.1 Å². The molecule has 2 unspecified atom stereocenters. The molecule has 37 heavy (non-hydrogen) atoms. The fourth-order valence-corrected chi connectivity index (χ4v) is 5.10. The van der Waals surface area contributed by atoms with Gasteiger partial charge in [-0.2, -0.15) is 0 Å². The molecule has 0 aliphatic rings. The van der Waals surface area contributed by atoms with Crippen molar-refractivity contribution in [1.82, 2.24) is 10.2 Å². The van der Waals surface area contributed by atoms with Crippen LogP contribution >= 0.6 is 0 Å². The first kappa shape index (κ1) is 30.1. The van der Waals surface area contributed by atoms with E-state index >= 15 is 0 Å². The zero-order valence-corrected chi connectivity index (χ0v) is 23.1. The Kier molecular flexibility index (Phi) is 10.1. The van der Waals surface area contributed by atoms with Gasteiger partial charge < -0.3 is 24.8 Å². The van der Waals surface area contributed by atoms with Gasteiger partial charge in [-0.1, -0.05) is 48.5 Å². The minimum Gasteiger partial charge on any atom is -0.444 e. The first-order chi connectivity index (χ1) is 17.1. The second-order valence-corrected chi connectivity index (χ2v) is 12.9. The molecular formula is C27H38N2O7S. The molecule has 2 N–H and O–H groups in total. The molecule has 2 aromatic carbocycles. The van der Waals surface area contributed by atoms with Gasteiger partial charge in [0.15, 0.2) is 9.84 Å². The van der Waals surface area contributed by atoms with Crippen LogP contribution in [0.15, 0.2) is 65.6 Å². The molecule has 0 aliphatic heterocycles. The molecule has 10 heteroatoms. The molecule has 2 rings (SSSR count). The van der Waals surface area contributed by atoms with Crippen molar-refractivity contribution in [2.24, 2.45) is 0 Å². The van der Waals surface area contributed by atoms with Crippen molar-refractivity contribution in [3.8, 4) is 0 Å². The summed E-state index contributed by atoms with van der Waals surface area (Å²) in [5, 5.41) is 12.2. The Hall–Kier alpha value is -3.11. The maximum atomic E-state index is 13.5. The van der Waals surface area contributed by atoms with Crippen molar-refractivity contribution in [1.29, 1.82) is 0 Å². The lowest BCUT2D eigenvalue weighted by atomic mass is 10.1. The molecule has 2 aromatic rings. The number of carbonyl (C=O) groups excluding carboxylic acids is 2. The lowest BCUT2D eigenvalue weighted by molar-refractivity contribution is 0.0118. The van der Waals surface area contributed by atoms with Gasteiger partial charge in [-0.05, 0) is 59.2 Å². The number of rotatable bonds is 9. The molecule has 9 nitrogen and oxygen atoms in total. The number of amides is 2. The highest BCUT2D eigenvalue weighted by Gasteiger charge is 2.37. The number of alkyl carbamates (subject to hydrolysis) is 1. The van der Waals surface area contributed by atoms with E-state index in [2.05, 4.69) is 5.32 Å². The van der Waals surface area contributed by atoms with Gasteiger partial charge in [-0.3, -0.25) is 0 Å². The van der Waals surface area contributed by atoms with E-state index in [0.29, 0.717) is 0 Å². The standard InChI is InChI=1S/C27H38N2O7S/c1-26(2,3)35-24(31)28-17-23(37(33,34)21-15-11-8-12-16-21)22(30)19-29(25(32)36-27(4,5)6)18-20-13-9-7-10-14-20/h7-16,22-23,30H,17-19H2,1-6H3,(H,28,31). The fraction of sp³-hybridized carbons (Fsp3) is 0.481. The van der Waals surface area contributed by atoms with Crippen molar-refractivity contribution in [3.05, 3.63) is 66.2 Å². The summed E-state index contributed by atoms with van der Waals surface area (Å²) >= 11 is 0. The highest BCUT2D eigenvalue weighted by atomic mass is 32.2. The number of hydrogen-bond acceptors (Lipinski definition) is 7. The van der Waals surface area contributed by atoms with Gasteiger partial charge in [-0.25, -0.2) is 18.0 Å². The summed E-state index contributed by atoms with van der Waals surface area (Å²) in [5.74, 6) is 0. The Morgan fingerprint density at radius 2 is 1.41 bits per heavy atom. The summed E-state index contributed by atoms with van der Waals surface area (Å²) in [6.07, 6.45) is -3.08. The summed E-state index contributed by atoms with van der Waals surface area (Å²) in [6, 6.07) is 16.7. The molecule has 2 atom stereocenters. The topological polar surface area (TPSA) is 122 Å². The average Bonchev–Trinajstić information content (AvgIpc) is 2.77. The van der Waals surface area contributed by atoms with Crippen molar-refractivity contribution in [3.63, 3.8) is 0 Å². The summed E-state index contributed by atoms with van der Waals surface area (Å²) in [7, 11) is -4.12. The Morgan fingerprint density at radius 3 is 1.92 bits per heavy atom. The van der Waals surface area contributed by atoms with Gasteiger partial charge >= 0.3 is 12.2 Å². The predicted octanol–water partition coefficient (Wildman–Crippen LogP) is 4.15. The van der Waals surface area contributed by atoms with Crippen LogP contribution in [0.3, 0.4) is 0 Å². The molecule has 0 aromatic heterocycles. The molecule has 204 valence electrons. The van der Waals surface area contributed by atoms with Gasteiger partial charge in [0.25, 0.3) is 0 Å². The van der Waals surface area contributed by atoms with Crippen LogP contribution in [0.4, 0.5) is 9.59 Å². The van der Waals surface area contributed by atoms with E-state index in [4.69, 9.17) is 9.47 Å². The van der Waals surface area contributed by atoms with E-state index in [1.54, 1.807) is 59.7 Å². The Bertz CT molecular complexity index is 1120. The van der Waals surface area contributed by atoms with Gasteiger partial charge in [0.05, 0.1) is 17.5 Å². The van der Waals surface area contributed by atoms with Gasteiger partial charge in [-0.15, -0.1) is 0 Å². The number of sulfone groups is 1. The lowest BCUT2D eigenvalue weighted by Gasteiger charge is -2.31. The van der Waals surface area contributed by atoms with Crippen LogP contribution in [-0.2, 0) is 25.9 Å². The third-order valence-electron chi connectivity index (χ3n) is 5.02. The SMILES string of the molecule is CC(C)(C)OC(=O)NCC(C(O)CN(Cc1ccccc1)C(=O)OC(C)(C)C)S(=O)(=O)c1ccccc1. The molecule has 0 spiro atoms. The molecule has 2 amide bonds. The number of nitrogens with one attached hydrogen (secondary N) is 1. The number of benzene rings is 2. The van der Waals surface area contributed by atoms with Crippen molar-refractivity contribution < 1.29 is 32.6 Å². The van der Waals surface area contributed by atoms with E-state index in [-0.39, 0.29) is 18.0 Å². The molecule has 0 saturated heterocycles. The summed E-state index contributed by atoms with van der Waals surface area (Å²) < 4.78 is 37.8. The summed E-state index contributed by atoms with van der Waals surface area (Å²) in [5.41, 5.74) is -0.820. The zero-order valence-electron chi connectivity index (χ0n) is 22.3. The first-order valence-electron chi connectivity index (χ1n) is 12.0. The molecule has 0 fully saturated rings. The number of nitrogens with zero attached hydrogens (tertiary/aromatic N) is 1. The van der Waals surface area contributed by atoms with E-state index < -0.39 is 51.1 Å². The van der Waals surface area contributed by atoms with Gasteiger partial charge in [0, 0.05) is 13.1 Å². The van der Waals surface area contributed by atoms with Crippen LogP contribution in [0, 0.1) is 0 Å². The molecule has 0 heterocycles. The normalized spacial score (nSPS) is 13.8. The van der Waals surface area contributed by atoms with Gasteiger partial charge in [0.2, 0.25) is 0 Å². The third-order valence-corrected chi connectivity index (χ3v) is 7.23. The maximum absolute atomic E-state index is 13.5. The van der Waals surface area contributed by atoms with Crippen molar-refractivity contribution >= 4 is 22.0 Å². The Labute approximate surface area is 219 Å². The average molecular weight is 535 g/mol. The highest BCUT2D eigenvalue weighted by molar-refractivity contribution is 7.92.